The van der Waals surface area contributed by atoms with Crippen molar-refractivity contribution in [2.24, 2.45) is 0 Å². The molecule has 4 rings (SSSR count). The van der Waals surface area contributed by atoms with Crippen LogP contribution in [0.4, 0.5) is 18.9 Å². The molecule has 0 aliphatic heterocycles. The minimum absolute atomic E-state index is 0.0102. The van der Waals surface area contributed by atoms with Crippen molar-refractivity contribution in [2.45, 2.75) is 11.3 Å². The third-order valence-corrected chi connectivity index (χ3v) is 5.90. The summed E-state index contributed by atoms with van der Waals surface area (Å²) in [5.41, 5.74) is 0.0226. The van der Waals surface area contributed by atoms with Crippen LogP contribution < -0.4 is 14.2 Å². The van der Waals surface area contributed by atoms with Crippen LogP contribution in [0.1, 0.15) is 0 Å². The zero-order valence-electron chi connectivity index (χ0n) is 16.4. The van der Waals surface area contributed by atoms with Crippen molar-refractivity contribution < 1.29 is 31.1 Å². The first-order chi connectivity index (χ1) is 15.6. The number of pyridine rings is 2. The van der Waals surface area contributed by atoms with Gasteiger partial charge in [0.25, 0.3) is 10.0 Å². The first-order valence-electron chi connectivity index (χ1n) is 9.16. The quantitative estimate of drug-likeness (QED) is 0.365. The second-order valence-corrected chi connectivity index (χ2v) is 8.70. The van der Waals surface area contributed by atoms with Gasteiger partial charge in [-0.3, -0.25) is 4.72 Å². The Hall–Kier alpha value is -3.57. The van der Waals surface area contributed by atoms with E-state index in [1.165, 1.54) is 12.3 Å². The van der Waals surface area contributed by atoms with Gasteiger partial charge in [-0.15, -0.1) is 13.2 Å². The Balaban J connectivity index is 1.49. The predicted molar refractivity (Wildman–Crippen MR) is 115 cm³/mol. The Morgan fingerprint density at radius 1 is 0.909 bits per heavy atom. The number of hydrogen-bond donors (Lipinski definition) is 1. The van der Waals surface area contributed by atoms with Crippen molar-refractivity contribution in [3.05, 3.63) is 78.1 Å². The van der Waals surface area contributed by atoms with Crippen molar-refractivity contribution in [2.75, 3.05) is 4.72 Å². The number of fused-ring (bicyclic) bond motifs is 1. The molecule has 0 spiro atoms. The molecular formula is C21H13ClF3N3O4S. The molecule has 0 aliphatic rings. The first-order valence-corrected chi connectivity index (χ1v) is 11.0. The normalized spacial score (nSPS) is 11.9. The molecule has 2 heterocycles. The van der Waals surface area contributed by atoms with E-state index in [2.05, 4.69) is 19.4 Å². The topological polar surface area (TPSA) is 90.4 Å². The molecule has 0 fully saturated rings. The van der Waals surface area contributed by atoms with Gasteiger partial charge >= 0.3 is 6.36 Å². The van der Waals surface area contributed by atoms with Gasteiger partial charge in [-0.1, -0.05) is 35.9 Å². The third kappa shape index (κ3) is 5.62. The summed E-state index contributed by atoms with van der Waals surface area (Å²) in [6.45, 7) is 0. The number of ether oxygens (including phenoxy) is 2. The van der Waals surface area contributed by atoms with Crippen molar-refractivity contribution in [1.82, 2.24) is 9.97 Å². The number of hydrogen-bond acceptors (Lipinski definition) is 6. The molecule has 170 valence electrons. The van der Waals surface area contributed by atoms with E-state index >= 15 is 0 Å². The summed E-state index contributed by atoms with van der Waals surface area (Å²) in [6.07, 6.45) is -2.07. The Labute approximate surface area is 190 Å². The lowest BCUT2D eigenvalue weighted by Gasteiger charge is -2.12. The van der Waals surface area contributed by atoms with E-state index in [0.29, 0.717) is 0 Å². The van der Waals surface area contributed by atoms with E-state index in [-0.39, 0.29) is 27.4 Å². The summed E-state index contributed by atoms with van der Waals surface area (Å²) in [7, 11) is -4.13. The number of benzene rings is 2. The zero-order chi connectivity index (χ0) is 23.6. The summed E-state index contributed by atoms with van der Waals surface area (Å²) in [5.74, 6) is -0.288. The summed E-state index contributed by atoms with van der Waals surface area (Å²) in [5, 5.41) is 1.83. The molecule has 0 unspecified atom stereocenters. The Morgan fingerprint density at radius 3 is 2.27 bits per heavy atom. The minimum Gasteiger partial charge on any atom is -0.419 e. The second kappa shape index (κ2) is 8.75. The van der Waals surface area contributed by atoms with Gasteiger partial charge < -0.3 is 9.47 Å². The number of halogens is 4. The van der Waals surface area contributed by atoms with Gasteiger partial charge in [0.1, 0.15) is 10.8 Å². The fourth-order valence-corrected chi connectivity index (χ4v) is 4.05. The van der Waals surface area contributed by atoms with E-state index in [1.54, 1.807) is 12.3 Å². The number of aromatic nitrogens is 2. The van der Waals surface area contributed by atoms with Crippen molar-refractivity contribution in [3.8, 4) is 17.5 Å². The van der Waals surface area contributed by atoms with Crippen molar-refractivity contribution >= 4 is 38.1 Å². The molecule has 0 aliphatic carbocycles. The van der Waals surface area contributed by atoms with Gasteiger partial charge in [-0.25, -0.2) is 18.4 Å². The van der Waals surface area contributed by atoms with Crippen LogP contribution in [0.15, 0.2) is 78.0 Å². The summed E-state index contributed by atoms with van der Waals surface area (Å²) >= 11 is 6.18. The molecule has 0 bridgehead atoms. The fourth-order valence-electron chi connectivity index (χ4n) is 2.81. The van der Waals surface area contributed by atoms with E-state index in [1.807, 2.05) is 24.3 Å². The largest absolute Gasteiger partial charge is 0.573 e. The van der Waals surface area contributed by atoms with Crippen LogP contribution in [0.5, 0.6) is 17.5 Å². The maximum Gasteiger partial charge on any atom is 0.573 e. The maximum absolute atomic E-state index is 12.5. The van der Waals surface area contributed by atoms with Crippen LogP contribution in [0.3, 0.4) is 0 Å². The van der Waals surface area contributed by atoms with Crippen LogP contribution in [0.2, 0.25) is 5.02 Å². The standard InChI is InChI=1S/C21H13ClF3N3O4S/c22-18-10-15(28-33(29,30)17-7-5-16(6-8-17)32-21(23,24)25)12-27-20(18)31-19-9-13-3-1-2-4-14(13)11-26-19/h1-12,28H. The van der Waals surface area contributed by atoms with Gasteiger partial charge in [0.05, 0.1) is 16.8 Å². The lowest BCUT2D eigenvalue weighted by atomic mass is 10.2. The van der Waals surface area contributed by atoms with Crippen LogP contribution in [0.25, 0.3) is 10.8 Å². The molecule has 7 nitrogen and oxygen atoms in total. The smallest absolute Gasteiger partial charge is 0.419 e. The average Bonchev–Trinajstić information content (AvgIpc) is 2.74. The van der Waals surface area contributed by atoms with Crippen molar-refractivity contribution in [1.29, 1.82) is 0 Å². The van der Waals surface area contributed by atoms with Gasteiger partial charge in [0.15, 0.2) is 0 Å². The summed E-state index contributed by atoms with van der Waals surface area (Å²) in [6, 6.07) is 14.3. The van der Waals surface area contributed by atoms with Gasteiger partial charge in [-0.05, 0) is 35.7 Å². The fraction of sp³-hybridized carbons (Fsp3) is 0.0476. The molecular weight excluding hydrogens is 483 g/mol. The van der Waals surface area contributed by atoms with Gasteiger partial charge in [0.2, 0.25) is 11.8 Å². The molecule has 2 aromatic heterocycles. The third-order valence-electron chi connectivity index (χ3n) is 4.23. The molecule has 0 saturated heterocycles. The van der Waals surface area contributed by atoms with Gasteiger partial charge in [0, 0.05) is 17.6 Å². The minimum atomic E-state index is -4.88. The molecule has 0 amide bonds. The number of nitrogens with one attached hydrogen (secondary N) is 1. The molecule has 0 atom stereocenters. The molecule has 2 aromatic carbocycles. The Bertz CT molecular complexity index is 1410. The Kier molecular flexibility index (Phi) is 6.00. The monoisotopic (exact) mass is 495 g/mol. The summed E-state index contributed by atoms with van der Waals surface area (Å²) in [4.78, 5) is 7.92. The van der Waals surface area contributed by atoms with Crippen LogP contribution >= 0.6 is 11.6 Å². The number of anilines is 1. The summed E-state index contributed by atoms with van der Waals surface area (Å²) < 4.78 is 73.4. The second-order valence-electron chi connectivity index (χ2n) is 6.61. The number of rotatable bonds is 6. The van der Waals surface area contributed by atoms with Crippen LogP contribution in [-0.2, 0) is 10.0 Å². The van der Waals surface area contributed by atoms with E-state index in [4.69, 9.17) is 16.3 Å². The molecule has 4 aromatic rings. The highest BCUT2D eigenvalue weighted by atomic mass is 35.5. The van der Waals surface area contributed by atoms with E-state index in [9.17, 15) is 21.6 Å². The molecule has 33 heavy (non-hydrogen) atoms. The van der Waals surface area contributed by atoms with E-state index < -0.39 is 22.1 Å². The SMILES string of the molecule is O=S(=O)(Nc1cnc(Oc2cc3ccccc3cn2)c(Cl)c1)c1ccc(OC(F)(F)F)cc1. The van der Waals surface area contributed by atoms with Crippen LogP contribution in [-0.4, -0.2) is 24.7 Å². The predicted octanol–water partition coefficient (Wildman–Crippen LogP) is 5.77. The molecule has 1 N–H and O–H groups in total. The Morgan fingerprint density at radius 2 is 1.61 bits per heavy atom. The lowest BCUT2D eigenvalue weighted by molar-refractivity contribution is -0.274. The van der Waals surface area contributed by atoms with E-state index in [0.717, 1.165) is 35.0 Å². The zero-order valence-corrected chi connectivity index (χ0v) is 17.9. The van der Waals surface area contributed by atoms with Gasteiger partial charge in [-0.2, -0.15) is 0 Å². The first kappa shape index (κ1) is 22.6. The number of nitrogens with zero attached hydrogens (tertiary/aromatic N) is 2. The highest BCUT2D eigenvalue weighted by Crippen LogP contribution is 2.31. The lowest BCUT2D eigenvalue weighted by Crippen LogP contribution is -2.17. The molecule has 0 saturated carbocycles. The average molecular weight is 496 g/mol. The van der Waals surface area contributed by atoms with Crippen LogP contribution in [0, 0.1) is 0 Å². The number of alkyl halides is 3. The van der Waals surface area contributed by atoms with Crippen molar-refractivity contribution in [3.63, 3.8) is 0 Å². The number of sulfonamides is 1. The molecule has 0 radical (unpaired) electrons. The maximum atomic E-state index is 12.5. The highest BCUT2D eigenvalue weighted by molar-refractivity contribution is 7.92. The molecule has 12 heteroatoms. The highest BCUT2D eigenvalue weighted by Gasteiger charge is 2.31.